The summed E-state index contributed by atoms with van der Waals surface area (Å²) in [4.78, 5) is 0. The number of fused-ring (bicyclic) bond motifs is 1. The Morgan fingerprint density at radius 3 is 2.03 bits per heavy atom. The number of nitrogens with zero attached hydrogens (tertiary/aromatic N) is 3. The molecule has 34 heavy (non-hydrogen) atoms. The first kappa shape index (κ1) is 23.4. The highest BCUT2D eigenvalue weighted by Gasteiger charge is 2.11. The Labute approximate surface area is 207 Å². The third-order valence-electron chi connectivity index (χ3n) is 5.28. The van der Waals surface area contributed by atoms with Crippen molar-refractivity contribution in [3.8, 4) is 17.6 Å². The van der Waals surface area contributed by atoms with Gasteiger partial charge in [-0.2, -0.15) is 10.4 Å². The number of anilines is 2. The number of rotatable bonds is 8. The van der Waals surface area contributed by atoms with Gasteiger partial charge in [-0.05, 0) is 47.5 Å². The summed E-state index contributed by atoms with van der Waals surface area (Å²) in [6.07, 6.45) is 1.68. The first-order valence-electron chi connectivity index (χ1n) is 10.3. The fourth-order valence-corrected chi connectivity index (χ4v) is 4.11. The summed E-state index contributed by atoms with van der Waals surface area (Å²) in [6.45, 7) is 0.977. The van der Waals surface area contributed by atoms with Gasteiger partial charge >= 0.3 is 0 Å². The number of methoxy groups -OCH3 is 2. The van der Waals surface area contributed by atoms with E-state index in [9.17, 15) is 5.26 Å². The molecular formula is C25H21Cl2N5O2. The van der Waals surface area contributed by atoms with Gasteiger partial charge in [0.15, 0.2) is 5.82 Å². The maximum atomic E-state index is 9.59. The van der Waals surface area contributed by atoms with E-state index in [4.69, 9.17) is 32.7 Å². The van der Waals surface area contributed by atoms with Crippen molar-refractivity contribution in [3.05, 3.63) is 81.5 Å². The fraction of sp³-hybridized carbons (Fsp3) is 0.160. The van der Waals surface area contributed by atoms with Crippen LogP contribution in [0.3, 0.4) is 0 Å². The number of nitriles is 1. The van der Waals surface area contributed by atoms with Gasteiger partial charge in [0.1, 0.15) is 11.5 Å². The summed E-state index contributed by atoms with van der Waals surface area (Å²) in [5, 5.41) is 27.4. The van der Waals surface area contributed by atoms with Gasteiger partial charge in [0.25, 0.3) is 0 Å². The van der Waals surface area contributed by atoms with Crippen LogP contribution in [0.15, 0.2) is 54.7 Å². The summed E-state index contributed by atoms with van der Waals surface area (Å²) in [5.41, 5.74) is 3.20. The van der Waals surface area contributed by atoms with E-state index in [1.807, 2.05) is 36.4 Å². The van der Waals surface area contributed by atoms with Crippen LogP contribution in [0.1, 0.15) is 16.7 Å². The molecule has 172 valence electrons. The molecule has 1 aromatic heterocycles. The summed E-state index contributed by atoms with van der Waals surface area (Å²) < 4.78 is 10.4. The highest BCUT2D eigenvalue weighted by molar-refractivity contribution is 6.32. The molecule has 0 atom stereocenters. The van der Waals surface area contributed by atoms with Crippen LogP contribution in [-0.2, 0) is 13.1 Å². The lowest BCUT2D eigenvalue weighted by atomic mass is 10.1. The predicted octanol–water partition coefficient (Wildman–Crippen LogP) is 6.05. The van der Waals surface area contributed by atoms with Gasteiger partial charge in [-0.1, -0.05) is 35.3 Å². The molecule has 7 nitrogen and oxygen atoms in total. The van der Waals surface area contributed by atoms with Gasteiger partial charge in [-0.25, -0.2) is 0 Å². The van der Waals surface area contributed by atoms with Crippen molar-refractivity contribution in [2.75, 3.05) is 24.9 Å². The standard InChI is InChI=1S/C25H21Cl2N5O2/c1-33-23-5-3-15(8-20(23)26)12-29-22-10-17(11-28)7-18-19(22)14-31-32-25(18)30-13-16-4-6-24(34-2)21(27)9-16/h3-10,14,29H,12-13H2,1-2H3,(H,30,32). The maximum absolute atomic E-state index is 9.59. The first-order valence-corrected chi connectivity index (χ1v) is 11.1. The van der Waals surface area contributed by atoms with Crippen molar-refractivity contribution in [2.45, 2.75) is 13.1 Å². The van der Waals surface area contributed by atoms with Gasteiger partial charge in [0.2, 0.25) is 0 Å². The third kappa shape index (κ3) is 5.09. The Hall–Kier alpha value is -3.73. The van der Waals surface area contributed by atoms with Crippen LogP contribution in [0.25, 0.3) is 10.8 Å². The molecule has 2 N–H and O–H groups in total. The molecule has 0 radical (unpaired) electrons. The average molecular weight is 494 g/mol. The lowest BCUT2D eigenvalue weighted by Gasteiger charge is -2.14. The molecule has 0 aliphatic carbocycles. The molecule has 4 aromatic rings. The van der Waals surface area contributed by atoms with Gasteiger partial charge in [-0.15, -0.1) is 5.10 Å². The van der Waals surface area contributed by atoms with Crippen LogP contribution in [0, 0.1) is 11.3 Å². The van der Waals surface area contributed by atoms with E-state index >= 15 is 0 Å². The van der Waals surface area contributed by atoms with E-state index in [0.717, 1.165) is 27.6 Å². The monoisotopic (exact) mass is 493 g/mol. The molecule has 0 bridgehead atoms. The van der Waals surface area contributed by atoms with E-state index in [-0.39, 0.29) is 0 Å². The second-order valence-electron chi connectivity index (χ2n) is 7.43. The molecule has 0 saturated carbocycles. The summed E-state index contributed by atoms with van der Waals surface area (Å²) in [6, 6.07) is 17.0. The molecular weight excluding hydrogens is 473 g/mol. The minimum absolute atomic E-state index is 0.474. The smallest absolute Gasteiger partial charge is 0.156 e. The van der Waals surface area contributed by atoms with Crippen LogP contribution >= 0.6 is 23.2 Å². The second-order valence-corrected chi connectivity index (χ2v) is 8.25. The zero-order valence-corrected chi connectivity index (χ0v) is 20.0. The van der Waals surface area contributed by atoms with Crippen molar-refractivity contribution in [3.63, 3.8) is 0 Å². The number of hydrogen-bond acceptors (Lipinski definition) is 7. The molecule has 1 heterocycles. The summed E-state index contributed by atoms with van der Waals surface area (Å²) >= 11 is 12.5. The van der Waals surface area contributed by atoms with Gasteiger partial charge in [0, 0.05) is 29.5 Å². The Balaban J connectivity index is 1.60. The van der Waals surface area contributed by atoms with Crippen molar-refractivity contribution in [1.29, 1.82) is 5.26 Å². The minimum atomic E-state index is 0.474. The molecule has 0 aliphatic heterocycles. The highest BCUT2D eigenvalue weighted by Crippen LogP contribution is 2.31. The number of nitrogens with one attached hydrogen (secondary N) is 2. The summed E-state index contributed by atoms with van der Waals surface area (Å²) in [7, 11) is 3.15. The van der Waals surface area contributed by atoms with E-state index in [0.29, 0.717) is 46.0 Å². The topological polar surface area (TPSA) is 92.1 Å². The van der Waals surface area contributed by atoms with Crippen molar-refractivity contribution >= 4 is 45.5 Å². The molecule has 9 heteroatoms. The number of halogens is 2. The van der Waals surface area contributed by atoms with Crippen LogP contribution in [0.4, 0.5) is 11.5 Å². The van der Waals surface area contributed by atoms with E-state index in [1.165, 1.54) is 0 Å². The largest absolute Gasteiger partial charge is 0.495 e. The Bertz CT molecular complexity index is 1390. The van der Waals surface area contributed by atoms with Gasteiger partial charge < -0.3 is 20.1 Å². The number of hydrogen-bond donors (Lipinski definition) is 2. The Kier molecular flexibility index (Phi) is 7.21. The lowest BCUT2D eigenvalue weighted by Crippen LogP contribution is -2.05. The minimum Gasteiger partial charge on any atom is -0.495 e. The molecule has 0 spiro atoms. The zero-order chi connectivity index (χ0) is 24.1. The van der Waals surface area contributed by atoms with Crippen LogP contribution in [0.5, 0.6) is 11.5 Å². The van der Waals surface area contributed by atoms with Crippen LogP contribution < -0.4 is 20.1 Å². The number of aromatic nitrogens is 2. The van der Waals surface area contributed by atoms with Crippen LogP contribution in [-0.4, -0.2) is 24.4 Å². The Morgan fingerprint density at radius 2 is 1.47 bits per heavy atom. The molecule has 4 rings (SSSR count). The third-order valence-corrected chi connectivity index (χ3v) is 5.87. The quantitative estimate of drug-likeness (QED) is 0.308. The zero-order valence-electron chi connectivity index (χ0n) is 18.5. The molecule has 0 saturated heterocycles. The molecule has 0 unspecified atom stereocenters. The van der Waals surface area contributed by atoms with Crippen molar-refractivity contribution in [2.24, 2.45) is 0 Å². The molecule has 3 aromatic carbocycles. The van der Waals surface area contributed by atoms with Crippen molar-refractivity contribution < 1.29 is 9.47 Å². The maximum Gasteiger partial charge on any atom is 0.156 e. The molecule has 0 fully saturated rings. The van der Waals surface area contributed by atoms with E-state index < -0.39 is 0 Å². The number of ether oxygens (including phenoxy) is 2. The van der Waals surface area contributed by atoms with E-state index in [2.05, 4.69) is 26.9 Å². The van der Waals surface area contributed by atoms with Gasteiger partial charge in [0.05, 0.1) is 42.1 Å². The van der Waals surface area contributed by atoms with Crippen LogP contribution in [0.2, 0.25) is 10.0 Å². The van der Waals surface area contributed by atoms with Crippen molar-refractivity contribution in [1.82, 2.24) is 10.2 Å². The molecule has 0 aliphatic rings. The number of benzene rings is 3. The normalized spacial score (nSPS) is 10.6. The summed E-state index contributed by atoms with van der Waals surface area (Å²) in [5.74, 6) is 1.80. The average Bonchev–Trinajstić information content (AvgIpc) is 2.86. The SMILES string of the molecule is COc1ccc(CNc2cc(C#N)cc3c(NCc4ccc(OC)c(Cl)c4)nncc23)cc1Cl. The second kappa shape index (κ2) is 10.5. The fourth-order valence-electron chi connectivity index (χ4n) is 3.55. The lowest BCUT2D eigenvalue weighted by molar-refractivity contribution is 0.415. The Morgan fingerprint density at radius 1 is 0.853 bits per heavy atom. The predicted molar refractivity (Wildman–Crippen MR) is 135 cm³/mol. The van der Waals surface area contributed by atoms with E-state index in [1.54, 1.807) is 32.5 Å². The molecule has 0 amide bonds. The highest BCUT2D eigenvalue weighted by atomic mass is 35.5. The first-order chi connectivity index (χ1) is 16.5. The van der Waals surface area contributed by atoms with Gasteiger partial charge in [-0.3, -0.25) is 0 Å².